The first-order chi connectivity index (χ1) is 14.4. The minimum absolute atomic E-state index is 0.0451. The summed E-state index contributed by atoms with van der Waals surface area (Å²) in [6.45, 7) is 7.62. The molecule has 0 saturated carbocycles. The Labute approximate surface area is 180 Å². The standard InChI is InChI=1S/C25H34N2O3/c1-25(2,21-12-13-22(29-3)23(15-21)30-4)18-26-24(28)20-11-8-14-27(17-20)16-19-9-6-5-7-10-19/h5-7,9-10,12-13,15,20H,8,11,14,16-18H2,1-4H3,(H,26,28). The molecule has 0 aliphatic carbocycles. The van der Waals surface area contributed by atoms with Gasteiger partial charge in [-0.3, -0.25) is 9.69 Å². The first-order valence-electron chi connectivity index (χ1n) is 10.7. The fourth-order valence-corrected chi connectivity index (χ4v) is 4.07. The number of nitrogens with one attached hydrogen (secondary N) is 1. The van der Waals surface area contributed by atoms with Gasteiger partial charge in [-0.25, -0.2) is 0 Å². The number of carbonyl (C=O) groups is 1. The molecule has 30 heavy (non-hydrogen) atoms. The summed E-state index contributed by atoms with van der Waals surface area (Å²) in [6, 6.07) is 16.4. The molecule has 0 bridgehead atoms. The second-order valence-corrected chi connectivity index (χ2v) is 8.73. The van der Waals surface area contributed by atoms with Gasteiger partial charge in [0.25, 0.3) is 0 Å². The van der Waals surface area contributed by atoms with Gasteiger partial charge in [0.2, 0.25) is 5.91 Å². The summed E-state index contributed by atoms with van der Waals surface area (Å²) in [4.78, 5) is 15.3. The molecule has 1 amide bonds. The molecular formula is C25H34N2O3. The van der Waals surface area contributed by atoms with Crippen LogP contribution in [0.5, 0.6) is 11.5 Å². The summed E-state index contributed by atoms with van der Waals surface area (Å²) in [5.74, 6) is 1.62. The Balaban J connectivity index is 1.57. The van der Waals surface area contributed by atoms with Crippen LogP contribution in [-0.4, -0.2) is 44.7 Å². The molecule has 1 aliphatic heterocycles. The normalized spacial score (nSPS) is 17.4. The van der Waals surface area contributed by atoms with Crippen LogP contribution in [0.15, 0.2) is 48.5 Å². The number of nitrogens with zero attached hydrogens (tertiary/aromatic N) is 1. The third kappa shape index (κ3) is 5.54. The molecule has 2 aromatic carbocycles. The number of hydrogen-bond acceptors (Lipinski definition) is 4. The van der Waals surface area contributed by atoms with Gasteiger partial charge in [-0.2, -0.15) is 0 Å². The minimum Gasteiger partial charge on any atom is -0.493 e. The van der Waals surface area contributed by atoms with Crippen molar-refractivity contribution in [3.05, 3.63) is 59.7 Å². The lowest BCUT2D eigenvalue weighted by atomic mass is 9.84. The van der Waals surface area contributed by atoms with Crippen LogP contribution in [0.25, 0.3) is 0 Å². The molecule has 0 spiro atoms. The van der Waals surface area contributed by atoms with Crippen LogP contribution in [0.1, 0.15) is 37.8 Å². The van der Waals surface area contributed by atoms with Crippen LogP contribution in [0.3, 0.4) is 0 Å². The number of benzene rings is 2. The lowest BCUT2D eigenvalue weighted by molar-refractivity contribution is -0.127. The molecule has 5 nitrogen and oxygen atoms in total. The van der Waals surface area contributed by atoms with Gasteiger partial charge in [-0.1, -0.05) is 50.2 Å². The number of ether oxygens (including phenoxy) is 2. The molecule has 162 valence electrons. The van der Waals surface area contributed by atoms with Crippen LogP contribution in [0.4, 0.5) is 0 Å². The summed E-state index contributed by atoms with van der Waals surface area (Å²) >= 11 is 0. The third-order valence-corrected chi connectivity index (χ3v) is 5.99. The van der Waals surface area contributed by atoms with Gasteiger partial charge in [-0.15, -0.1) is 0 Å². The highest BCUT2D eigenvalue weighted by Crippen LogP contribution is 2.33. The number of amides is 1. The van der Waals surface area contributed by atoms with Crippen molar-refractivity contribution in [1.82, 2.24) is 10.2 Å². The highest BCUT2D eigenvalue weighted by Gasteiger charge is 2.28. The summed E-state index contributed by atoms with van der Waals surface area (Å²) in [5.41, 5.74) is 2.19. The number of hydrogen-bond donors (Lipinski definition) is 1. The van der Waals surface area contributed by atoms with Gasteiger partial charge >= 0.3 is 0 Å². The maximum Gasteiger partial charge on any atom is 0.224 e. The molecule has 1 atom stereocenters. The largest absolute Gasteiger partial charge is 0.493 e. The van der Waals surface area contributed by atoms with Crippen molar-refractivity contribution in [3.8, 4) is 11.5 Å². The van der Waals surface area contributed by atoms with Gasteiger partial charge < -0.3 is 14.8 Å². The Morgan fingerprint density at radius 3 is 2.53 bits per heavy atom. The number of methoxy groups -OCH3 is 2. The fourth-order valence-electron chi connectivity index (χ4n) is 4.07. The molecule has 1 heterocycles. The highest BCUT2D eigenvalue weighted by atomic mass is 16.5. The summed E-state index contributed by atoms with van der Waals surface area (Å²) in [5, 5.41) is 3.20. The number of piperidine rings is 1. The van der Waals surface area contributed by atoms with E-state index in [2.05, 4.69) is 48.3 Å². The van der Waals surface area contributed by atoms with E-state index in [1.165, 1.54) is 5.56 Å². The molecule has 1 aliphatic rings. The zero-order valence-corrected chi connectivity index (χ0v) is 18.6. The first-order valence-corrected chi connectivity index (χ1v) is 10.7. The topological polar surface area (TPSA) is 50.8 Å². The van der Waals surface area contributed by atoms with E-state index in [9.17, 15) is 4.79 Å². The molecule has 1 saturated heterocycles. The van der Waals surface area contributed by atoms with Crippen LogP contribution in [-0.2, 0) is 16.8 Å². The van der Waals surface area contributed by atoms with E-state index in [0.717, 1.165) is 38.0 Å². The van der Waals surface area contributed by atoms with Crippen molar-refractivity contribution in [2.24, 2.45) is 5.92 Å². The van der Waals surface area contributed by atoms with Gasteiger partial charge in [0.1, 0.15) is 0 Å². The van der Waals surface area contributed by atoms with Gasteiger partial charge in [0.15, 0.2) is 11.5 Å². The minimum atomic E-state index is -0.215. The van der Waals surface area contributed by atoms with Crippen molar-refractivity contribution in [1.29, 1.82) is 0 Å². The summed E-state index contributed by atoms with van der Waals surface area (Å²) in [7, 11) is 3.27. The Morgan fingerprint density at radius 2 is 1.83 bits per heavy atom. The molecule has 5 heteroatoms. The van der Waals surface area contributed by atoms with E-state index < -0.39 is 0 Å². The predicted molar refractivity (Wildman–Crippen MR) is 120 cm³/mol. The second kappa shape index (κ2) is 9.98. The zero-order valence-electron chi connectivity index (χ0n) is 18.6. The number of rotatable bonds is 8. The Bertz CT molecular complexity index is 836. The van der Waals surface area contributed by atoms with Crippen LogP contribution >= 0.6 is 0 Å². The van der Waals surface area contributed by atoms with E-state index in [4.69, 9.17) is 9.47 Å². The van der Waals surface area contributed by atoms with Crippen molar-refractivity contribution in [2.45, 2.75) is 38.6 Å². The monoisotopic (exact) mass is 410 g/mol. The molecule has 1 unspecified atom stereocenters. The molecule has 1 N–H and O–H groups in total. The van der Waals surface area contributed by atoms with E-state index in [0.29, 0.717) is 18.0 Å². The Kier molecular flexibility index (Phi) is 7.38. The van der Waals surface area contributed by atoms with Crippen molar-refractivity contribution >= 4 is 5.91 Å². The number of carbonyl (C=O) groups excluding carboxylic acids is 1. The SMILES string of the molecule is COc1ccc(C(C)(C)CNC(=O)C2CCCN(Cc3ccccc3)C2)cc1OC. The van der Waals surface area contributed by atoms with Crippen molar-refractivity contribution < 1.29 is 14.3 Å². The molecule has 1 fully saturated rings. The quantitative estimate of drug-likeness (QED) is 0.714. The Morgan fingerprint density at radius 1 is 1.10 bits per heavy atom. The first kappa shape index (κ1) is 22.2. The van der Waals surface area contributed by atoms with Crippen molar-refractivity contribution in [2.75, 3.05) is 33.9 Å². The van der Waals surface area contributed by atoms with Crippen molar-refractivity contribution in [3.63, 3.8) is 0 Å². The Hall–Kier alpha value is -2.53. The molecule has 3 rings (SSSR count). The van der Waals surface area contributed by atoms with Crippen LogP contribution in [0.2, 0.25) is 0 Å². The van der Waals surface area contributed by atoms with Gasteiger partial charge in [0, 0.05) is 25.0 Å². The van der Waals surface area contributed by atoms with E-state index >= 15 is 0 Å². The molecule has 0 aromatic heterocycles. The summed E-state index contributed by atoms with van der Waals surface area (Å²) < 4.78 is 10.8. The lowest BCUT2D eigenvalue weighted by Gasteiger charge is -2.33. The molecule has 2 aromatic rings. The summed E-state index contributed by atoms with van der Waals surface area (Å²) in [6.07, 6.45) is 2.01. The van der Waals surface area contributed by atoms with E-state index in [1.54, 1.807) is 14.2 Å². The van der Waals surface area contributed by atoms with E-state index in [-0.39, 0.29) is 17.2 Å². The highest BCUT2D eigenvalue weighted by molar-refractivity contribution is 5.79. The maximum absolute atomic E-state index is 12.9. The molecule has 0 radical (unpaired) electrons. The van der Waals surface area contributed by atoms with Crippen LogP contribution < -0.4 is 14.8 Å². The third-order valence-electron chi connectivity index (χ3n) is 5.99. The van der Waals surface area contributed by atoms with Gasteiger partial charge in [0.05, 0.1) is 20.1 Å². The van der Waals surface area contributed by atoms with Crippen LogP contribution in [0, 0.1) is 5.92 Å². The zero-order chi connectivity index (χ0) is 21.6. The fraction of sp³-hybridized carbons (Fsp3) is 0.480. The number of likely N-dealkylation sites (tertiary alicyclic amines) is 1. The van der Waals surface area contributed by atoms with Gasteiger partial charge in [-0.05, 0) is 42.6 Å². The van der Waals surface area contributed by atoms with E-state index in [1.807, 2.05) is 24.3 Å². The average molecular weight is 411 g/mol. The molecular weight excluding hydrogens is 376 g/mol. The second-order valence-electron chi connectivity index (χ2n) is 8.73. The average Bonchev–Trinajstić information content (AvgIpc) is 2.77. The predicted octanol–water partition coefficient (Wildman–Crippen LogP) is 4.01. The lowest BCUT2D eigenvalue weighted by Crippen LogP contribution is -2.45. The smallest absolute Gasteiger partial charge is 0.224 e. The maximum atomic E-state index is 12.9.